The predicted molar refractivity (Wildman–Crippen MR) is 65.8 cm³/mol. The van der Waals surface area contributed by atoms with Crippen molar-refractivity contribution in [2.24, 2.45) is 0 Å². The smallest absolute Gasteiger partial charge is 0.387 e. The van der Waals surface area contributed by atoms with Crippen molar-refractivity contribution in [2.45, 2.75) is 20.0 Å². The molecule has 0 spiro atoms. The van der Waals surface area contributed by atoms with E-state index in [2.05, 4.69) is 20.7 Å². The molecule has 1 aromatic carbocycles. The van der Waals surface area contributed by atoms with Gasteiger partial charge in [-0.25, -0.2) is 0 Å². The quantitative estimate of drug-likeness (QED) is 0.777. The Morgan fingerprint density at radius 1 is 1.53 bits per heavy atom. The molecule has 0 aromatic heterocycles. The Balaban J connectivity index is 3.08. The van der Waals surface area contributed by atoms with Crippen LogP contribution >= 0.6 is 15.9 Å². The Labute approximate surface area is 117 Å². The lowest BCUT2D eigenvalue weighted by Crippen LogP contribution is -2.10. The zero-order chi connectivity index (χ0) is 14.4. The Morgan fingerprint density at radius 3 is 2.74 bits per heavy atom. The van der Waals surface area contributed by atoms with E-state index in [1.54, 1.807) is 6.92 Å². The van der Waals surface area contributed by atoms with Crippen LogP contribution in [0.2, 0.25) is 0 Å². The Hall–Kier alpha value is -1.68. The zero-order valence-corrected chi connectivity index (χ0v) is 11.5. The van der Waals surface area contributed by atoms with Crippen molar-refractivity contribution < 1.29 is 23.0 Å². The number of hydrogen-bond donors (Lipinski definition) is 0. The molecule has 1 aromatic rings. The van der Waals surface area contributed by atoms with Crippen molar-refractivity contribution in [2.75, 3.05) is 6.61 Å². The van der Waals surface area contributed by atoms with Crippen LogP contribution in [-0.4, -0.2) is 19.2 Å². The second kappa shape index (κ2) is 7.04. The van der Waals surface area contributed by atoms with E-state index in [1.165, 1.54) is 12.1 Å². The van der Waals surface area contributed by atoms with E-state index < -0.39 is 12.6 Å². The minimum Gasteiger partial charge on any atom is -0.466 e. The first-order chi connectivity index (χ1) is 8.97. The number of ether oxygens (including phenoxy) is 2. The van der Waals surface area contributed by atoms with Crippen LogP contribution in [0.15, 0.2) is 16.6 Å². The van der Waals surface area contributed by atoms with Crippen molar-refractivity contribution in [1.82, 2.24) is 0 Å². The molecule has 0 saturated heterocycles. The van der Waals surface area contributed by atoms with Gasteiger partial charge in [-0.3, -0.25) is 4.79 Å². The SMILES string of the molecule is CCOC(=O)Cc1cc(OC(F)F)cc(Br)c1C#N. The Bertz CT molecular complexity index is 514. The Morgan fingerprint density at radius 2 is 2.21 bits per heavy atom. The maximum atomic E-state index is 12.2. The number of halogens is 3. The minimum absolute atomic E-state index is 0.125. The minimum atomic E-state index is -2.98. The lowest BCUT2D eigenvalue weighted by atomic mass is 10.1. The van der Waals surface area contributed by atoms with Crippen molar-refractivity contribution in [3.8, 4) is 11.8 Å². The van der Waals surface area contributed by atoms with Gasteiger partial charge in [0.1, 0.15) is 11.8 Å². The van der Waals surface area contributed by atoms with E-state index >= 15 is 0 Å². The fourth-order valence-electron chi connectivity index (χ4n) is 1.44. The number of nitrogens with zero attached hydrogens (tertiary/aromatic N) is 1. The lowest BCUT2D eigenvalue weighted by molar-refractivity contribution is -0.142. The van der Waals surface area contributed by atoms with Gasteiger partial charge in [-0.1, -0.05) is 0 Å². The van der Waals surface area contributed by atoms with E-state index in [9.17, 15) is 13.6 Å². The molecule has 1 rings (SSSR count). The standard InChI is InChI=1S/C12H10BrF2NO3/c1-2-18-11(17)4-7-3-8(19-12(14)15)5-10(13)9(7)6-16/h3,5,12H,2,4H2,1H3. The van der Waals surface area contributed by atoms with Crippen LogP contribution in [0.3, 0.4) is 0 Å². The summed E-state index contributed by atoms with van der Waals surface area (Å²) < 4.78 is 33.6. The third-order valence-electron chi connectivity index (χ3n) is 2.12. The number of hydrogen-bond acceptors (Lipinski definition) is 4. The van der Waals surface area contributed by atoms with Gasteiger partial charge in [-0.15, -0.1) is 0 Å². The van der Waals surface area contributed by atoms with Crippen LogP contribution in [0.5, 0.6) is 5.75 Å². The first-order valence-electron chi connectivity index (χ1n) is 5.30. The molecule has 0 atom stereocenters. The molecule has 0 N–H and O–H groups in total. The van der Waals surface area contributed by atoms with Gasteiger partial charge in [-0.2, -0.15) is 14.0 Å². The maximum Gasteiger partial charge on any atom is 0.387 e. The highest BCUT2D eigenvalue weighted by Crippen LogP contribution is 2.28. The number of carbonyl (C=O) groups excluding carboxylic acids is 1. The molecule has 0 amide bonds. The number of rotatable bonds is 5. The second-order valence-corrected chi connectivity index (χ2v) is 4.27. The highest BCUT2D eigenvalue weighted by Gasteiger charge is 2.15. The van der Waals surface area contributed by atoms with E-state index in [0.717, 1.165) is 0 Å². The highest BCUT2D eigenvalue weighted by atomic mass is 79.9. The fourth-order valence-corrected chi connectivity index (χ4v) is 2.01. The number of esters is 1. The number of alkyl halides is 2. The molecule has 19 heavy (non-hydrogen) atoms. The predicted octanol–water partition coefficient (Wildman–Crippen LogP) is 3.03. The molecule has 0 radical (unpaired) electrons. The molecule has 102 valence electrons. The first kappa shape index (κ1) is 15.4. The van der Waals surface area contributed by atoms with Crippen molar-refractivity contribution >= 4 is 21.9 Å². The average molecular weight is 334 g/mol. The van der Waals surface area contributed by atoms with Gasteiger partial charge in [0.25, 0.3) is 0 Å². The second-order valence-electron chi connectivity index (χ2n) is 3.41. The van der Waals surface area contributed by atoms with E-state index in [-0.39, 0.29) is 34.4 Å². The van der Waals surface area contributed by atoms with Gasteiger partial charge in [-0.05, 0) is 40.5 Å². The highest BCUT2D eigenvalue weighted by molar-refractivity contribution is 9.10. The lowest BCUT2D eigenvalue weighted by Gasteiger charge is -2.10. The molecule has 0 aliphatic heterocycles. The van der Waals surface area contributed by atoms with Gasteiger partial charge in [0.2, 0.25) is 0 Å². The summed E-state index contributed by atoms with van der Waals surface area (Å²) in [6.45, 7) is -1.12. The zero-order valence-electron chi connectivity index (χ0n) is 9.95. The van der Waals surface area contributed by atoms with Gasteiger partial charge in [0.15, 0.2) is 0 Å². The first-order valence-corrected chi connectivity index (χ1v) is 6.10. The van der Waals surface area contributed by atoms with Crippen LogP contribution in [0.1, 0.15) is 18.1 Å². The van der Waals surface area contributed by atoms with Gasteiger partial charge in [0.05, 0.1) is 18.6 Å². The van der Waals surface area contributed by atoms with Crippen LogP contribution in [-0.2, 0) is 16.0 Å². The molecule has 7 heteroatoms. The summed E-state index contributed by atoms with van der Waals surface area (Å²) in [4.78, 5) is 11.4. The molecule has 4 nitrogen and oxygen atoms in total. The van der Waals surface area contributed by atoms with Crippen molar-refractivity contribution in [3.63, 3.8) is 0 Å². The normalized spacial score (nSPS) is 10.1. The van der Waals surface area contributed by atoms with E-state index in [0.29, 0.717) is 0 Å². The molecule has 0 heterocycles. The maximum absolute atomic E-state index is 12.2. The van der Waals surface area contributed by atoms with Gasteiger partial charge in [0, 0.05) is 4.47 Å². The molecular formula is C12H10BrF2NO3. The largest absolute Gasteiger partial charge is 0.466 e. The van der Waals surface area contributed by atoms with Crippen LogP contribution in [0.4, 0.5) is 8.78 Å². The average Bonchev–Trinajstić information content (AvgIpc) is 2.27. The van der Waals surface area contributed by atoms with Crippen LogP contribution in [0, 0.1) is 11.3 Å². The summed E-state index contributed by atoms with van der Waals surface area (Å²) >= 11 is 3.08. The summed E-state index contributed by atoms with van der Waals surface area (Å²) in [7, 11) is 0. The molecule has 0 fully saturated rings. The fraction of sp³-hybridized carbons (Fsp3) is 0.333. The van der Waals surface area contributed by atoms with Crippen LogP contribution < -0.4 is 4.74 Å². The summed E-state index contributed by atoms with van der Waals surface area (Å²) in [6.07, 6.45) is -0.185. The van der Waals surface area contributed by atoms with E-state index in [1.807, 2.05) is 6.07 Å². The Kier molecular flexibility index (Phi) is 5.70. The molecular weight excluding hydrogens is 324 g/mol. The number of nitriles is 1. The monoisotopic (exact) mass is 333 g/mol. The number of carbonyl (C=O) groups is 1. The van der Waals surface area contributed by atoms with Crippen molar-refractivity contribution in [1.29, 1.82) is 5.26 Å². The summed E-state index contributed by atoms with van der Waals surface area (Å²) in [5.41, 5.74) is 0.459. The molecule has 0 aliphatic carbocycles. The molecule has 0 unspecified atom stereocenters. The summed E-state index contributed by atoms with van der Waals surface area (Å²) in [6, 6.07) is 4.37. The number of benzene rings is 1. The molecule has 0 aliphatic rings. The molecule has 0 saturated carbocycles. The van der Waals surface area contributed by atoms with Crippen LogP contribution in [0.25, 0.3) is 0 Å². The van der Waals surface area contributed by atoms with Crippen molar-refractivity contribution in [3.05, 3.63) is 27.7 Å². The van der Waals surface area contributed by atoms with Gasteiger partial charge >= 0.3 is 12.6 Å². The van der Waals surface area contributed by atoms with Gasteiger partial charge < -0.3 is 9.47 Å². The third-order valence-corrected chi connectivity index (χ3v) is 2.75. The summed E-state index contributed by atoms with van der Waals surface area (Å²) in [5, 5.41) is 8.99. The topological polar surface area (TPSA) is 59.3 Å². The third kappa shape index (κ3) is 4.48. The molecule has 0 bridgehead atoms. The van der Waals surface area contributed by atoms with E-state index in [4.69, 9.17) is 10.00 Å². The summed E-state index contributed by atoms with van der Waals surface area (Å²) in [5.74, 6) is -0.666.